The van der Waals surface area contributed by atoms with E-state index in [2.05, 4.69) is 5.32 Å². The molecule has 8 heteroatoms. The van der Waals surface area contributed by atoms with E-state index in [1.165, 1.54) is 25.3 Å². The maximum absolute atomic E-state index is 11.2. The summed E-state index contributed by atoms with van der Waals surface area (Å²) in [7, 11) is -2.25. The second kappa shape index (κ2) is 6.71. The zero-order valence-electron chi connectivity index (χ0n) is 10.7. The largest absolute Gasteiger partial charge is 0.397 e. The van der Waals surface area contributed by atoms with Gasteiger partial charge in [-0.15, -0.1) is 0 Å². The van der Waals surface area contributed by atoms with Crippen molar-refractivity contribution in [3.8, 4) is 0 Å². The van der Waals surface area contributed by atoms with Crippen LogP contribution in [0.15, 0.2) is 23.1 Å². The van der Waals surface area contributed by atoms with E-state index in [-0.39, 0.29) is 11.5 Å². The van der Waals surface area contributed by atoms with Gasteiger partial charge in [-0.1, -0.05) is 0 Å². The molecule has 19 heavy (non-hydrogen) atoms. The molecule has 1 unspecified atom stereocenters. The van der Waals surface area contributed by atoms with Crippen LogP contribution in [0.1, 0.15) is 6.42 Å². The quantitative estimate of drug-likeness (QED) is 0.511. The Bertz CT molecular complexity index is 519. The number of sulfonamides is 1. The van der Waals surface area contributed by atoms with E-state index in [9.17, 15) is 13.5 Å². The molecule has 0 amide bonds. The highest BCUT2D eigenvalue weighted by molar-refractivity contribution is 7.89. The summed E-state index contributed by atoms with van der Waals surface area (Å²) in [5, 5.41) is 17.5. The number of primary sulfonamides is 1. The number of ether oxygens (including phenoxy) is 1. The van der Waals surface area contributed by atoms with E-state index in [4.69, 9.17) is 15.6 Å². The highest BCUT2D eigenvalue weighted by Crippen LogP contribution is 2.22. The molecule has 1 atom stereocenters. The second-order valence-corrected chi connectivity index (χ2v) is 5.68. The van der Waals surface area contributed by atoms with E-state index in [1.807, 2.05) is 0 Å². The highest BCUT2D eigenvalue weighted by Gasteiger charge is 2.10. The zero-order chi connectivity index (χ0) is 14.5. The zero-order valence-corrected chi connectivity index (χ0v) is 11.5. The van der Waals surface area contributed by atoms with Crippen LogP contribution in [0.25, 0.3) is 0 Å². The van der Waals surface area contributed by atoms with Crippen LogP contribution < -0.4 is 16.2 Å². The van der Waals surface area contributed by atoms with Crippen molar-refractivity contribution < 1.29 is 18.3 Å². The highest BCUT2D eigenvalue weighted by atomic mass is 32.2. The molecule has 7 nitrogen and oxygen atoms in total. The van der Waals surface area contributed by atoms with Gasteiger partial charge in [-0.05, 0) is 24.6 Å². The average molecular weight is 289 g/mol. The fourth-order valence-electron chi connectivity index (χ4n) is 1.51. The molecule has 108 valence electrons. The maximum atomic E-state index is 11.2. The minimum absolute atomic E-state index is 0.0124. The van der Waals surface area contributed by atoms with Crippen molar-refractivity contribution >= 4 is 21.4 Å². The minimum Gasteiger partial charge on any atom is -0.397 e. The van der Waals surface area contributed by atoms with Crippen LogP contribution in [0.2, 0.25) is 0 Å². The number of hydrogen-bond acceptors (Lipinski definition) is 6. The molecular formula is C11H19N3O4S. The number of benzene rings is 1. The van der Waals surface area contributed by atoms with Crippen LogP contribution in [0.3, 0.4) is 0 Å². The smallest absolute Gasteiger partial charge is 0.238 e. The lowest BCUT2D eigenvalue weighted by Crippen LogP contribution is -2.19. The molecule has 0 spiro atoms. The molecular weight excluding hydrogens is 270 g/mol. The maximum Gasteiger partial charge on any atom is 0.238 e. The first-order valence-electron chi connectivity index (χ1n) is 5.68. The van der Waals surface area contributed by atoms with Gasteiger partial charge in [-0.2, -0.15) is 0 Å². The predicted molar refractivity (Wildman–Crippen MR) is 73.2 cm³/mol. The Morgan fingerprint density at radius 1 is 1.47 bits per heavy atom. The van der Waals surface area contributed by atoms with Crippen molar-refractivity contribution in [3.63, 3.8) is 0 Å². The molecule has 0 radical (unpaired) electrons. The summed E-state index contributed by atoms with van der Waals surface area (Å²) in [5.41, 5.74) is 6.60. The lowest BCUT2D eigenvalue weighted by atomic mass is 10.2. The number of nitrogens with two attached hydrogens (primary N) is 2. The summed E-state index contributed by atoms with van der Waals surface area (Å²) in [4.78, 5) is -0.0124. The first kappa shape index (κ1) is 15.7. The third-order valence-electron chi connectivity index (χ3n) is 2.51. The van der Waals surface area contributed by atoms with Crippen LogP contribution in [0.4, 0.5) is 11.4 Å². The van der Waals surface area contributed by atoms with Crippen LogP contribution in [-0.4, -0.2) is 39.9 Å². The predicted octanol–water partition coefficient (Wildman–Crippen LogP) is -0.274. The SMILES string of the molecule is COCC(O)CCNc1cc(S(N)(=O)=O)ccc1N. The third-order valence-corrected chi connectivity index (χ3v) is 3.42. The lowest BCUT2D eigenvalue weighted by molar-refractivity contribution is 0.0615. The van der Waals surface area contributed by atoms with Crippen molar-refractivity contribution in [1.29, 1.82) is 0 Å². The van der Waals surface area contributed by atoms with Gasteiger partial charge in [-0.25, -0.2) is 13.6 Å². The molecule has 6 N–H and O–H groups in total. The van der Waals surface area contributed by atoms with E-state index < -0.39 is 16.1 Å². The number of anilines is 2. The molecule has 0 fully saturated rings. The molecule has 0 aliphatic heterocycles. The molecule has 0 aromatic heterocycles. The van der Waals surface area contributed by atoms with Gasteiger partial charge in [0.25, 0.3) is 0 Å². The van der Waals surface area contributed by atoms with Crippen LogP contribution in [0, 0.1) is 0 Å². The molecule has 0 aliphatic rings. The Balaban J connectivity index is 2.68. The monoisotopic (exact) mass is 289 g/mol. The van der Waals surface area contributed by atoms with Gasteiger partial charge in [0, 0.05) is 13.7 Å². The lowest BCUT2D eigenvalue weighted by Gasteiger charge is -2.13. The number of aliphatic hydroxyl groups excluding tert-OH is 1. The van der Waals surface area contributed by atoms with Crippen molar-refractivity contribution in [2.45, 2.75) is 17.4 Å². The van der Waals surface area contributed by atoms with E-state index in [0.717, 1.165) is 0 Å². The van der Waals surface area contributed by atoms with E-state index in [0.29, 0.717) is 24.3 Å². The van der Waals surface area contributed by atoms with Gasteiger partial charge < -0.3 is 20.9 Å². The van der Waals surface area contributed by atoms with Crippen molar-refractivity contribution in [1.82, 2.24) is 0 Å². The fourth-order valence-corrected chi connectivity index (χ4v) is 2.05. The molecule has 0 bridgehead atoms. The number of rotatable bonds is 7. The summed E-state index contributed by atoms with van der Waals surface area (Å²) in [6.07, 6.45) is -0.132. The van der Waals surface area contributed by atoms with E-state index >= 15 is 0 Å². The van der Waals surface area contributed by atoms with Crippen molar-refractivity contribution in [3.05, 3.63) is 18.2 Å². The Kier molecular flexibility index (Phi) is 5.55. The summed E-state index contributed by atoms with van der Waals surface area (Å²) in [6, 6.07) is 4.18. The number of methoxy groups -OCH3 is 1. The molecule has 1 aromatic rings. The first-order valence-corrected chi connectivity index (χ1v) is 7.22. The Morgan fingerprint density at radius 2 is 2.16 bits per heavy atom. The van der Waals surface area contributed by atoms with Gasteiger partial charge in [0.2, 0.25) is 10.0 Å². The molecule has 0 saturated carbocycles. The number of nitrogens with one attached hydrogen (secondary N) is 1. The average Bonchev–Trinajstić information content (AvgIpc) is 2.30. The van der Waals surface area contributed by atoms with Crippen LogP contribution in [-0.2, 0) is 14.8 Å². The van der Waals surface area contributed by atoms with Crippen LogP contribution >= 0.6 is 0 Å². The van der Waals surface area contributed by atoms with Crippen molar-refractivity contribution in [2.24, 2.45) is 5.14 Å². The molecule has 0 heterocycles. The van der Waals surface area contributed by atoms with Gasteiger partial charge >= 0.3 is 0 Å². The first-order chi connectivity index (χ1) is 8.84. The Hall–Kier alpha value is -1.35. The van der Waals surface area contributed by atoms with E-state index in [1.54, 1.807) is 0 Å². The molecule has 1 aromatic carbocycles. The number of nitrogen functional groups attached to an aromatic ring is 1. The summed E-state index contributed by atoms with van der Waals surface area (Å²) in [6.45, 7) is 0.678. The summed E-state index contributed by atoms with van der Waals surface area (Å²) in [5.74, 6) is 0. The summed E-state index contributed by atoms with van der Waals surface area (Å²) >= 11 is 0. The molecule has 0 saturated heterocycles. The molecule has 0 aliphatic carbocycles. The standard InChI is InChI=1S/C11H19N3O4S/c1-18-7-8(15)4-5-14-11-6-9(19(13,16)17)2-3-10(11)12/h2-3,6,8,14-15H,4-5,7,12H2,1H3,(H2,13,16,17). The second-order valence-electron chi connectivity index (χ2n) is 4.12. The van der Waals surface area contributed by atoms with Gasteiger partial charge in [-0.3, -0.25) is 0 Å². The fraction of sp³-hybridized carbons (Fsp3) is 0.455. The van der Waals surface area contributed by atoms with Gasteiger partial charge in [0.05, 0.1) is 29.0 Å². The van der Waals surface area contributed by atoms with Crippen molar-refractivity contribution in [2.75, 3.05) is 31.3 Å². The van der Waals surface area contributed by atoms with Gasteiger partial charge in [0.1, 0.15) is 0 Å². The third kappa shape index (κ3) is 5.03. The number of hydrogen-bond donors (Lipinski definition) is 4. The molecule has 1 rings (SSSR count). The Morgan fingerprint density at radius 3 is 2.74 bits per heavy atom. The Labute approximate surface area is 112 Å². The summed E-state index contributed by atoms with van der Waals surface area (Å²) < 4.78 is 27.2. The minimum atomic E-state index is -3.76. The van der Waals surface area contributed by atoms with Gasteiger partial charge in [0.15, 0.2) is 0 Å². The van der Waals surface area contributed by atoms with Crippen LogP contribution in [0.5, 0.6) is 0 Å². The topological polar surface area (TPSA) is 128 Å². The normalized spacial score (nSPS) is 13.2. The number of aliphatic hydroxyl groups is 1.